The molecule has 1 saturated heterocycles. The Hall–Kier alpha value is -2.34. The van der Waals surface area contributed by atoms with Gasteiger partial charge in [0, 0.05) is 38.6 Å². The topological polar surface area (TPSA) is 87.2 Å². The number of hydrogen-bond donors (Lipinski definition) is 0. The zero-order chi connectivity index (χ0) is 26.1. The zero-order valence-corrected chi connectivity index (χ0v) is 21.1. The van der Waals surface area contributed by atoms with Crippen LogP contribution in [-0.4, -0.2) is 75.0 Å². The molecule has 2 fully saturated rings. The molecule has 0 unspecified atom stereocenters. The van der Waals surface area contributed by atoms with E-state index in [1.54, 1.807) is 22.5 Å². The fourth-order valence-electron chi connectivity index (χ4n) is 5.57. The smallest absolute Gasteiger partial charge is 0.469 e. The number of rotatable bonds is 5. The molecule has 0 radical (unpaired) electrons. The summed E-state index contributed by atoms with van der Waals surface area (Å²) >= 11 is 0. The van der Waals surface area contributed by atoms with E-state index >= 15 is 0 Å². The minimum absolute atomic E-state index is 0.0250. The van der Waals surface area contributed by atoms with Crippen molar-refractivity contribution in [1.29, 1.82) is 0 Å². The summed E-state index contributed by atoms with van der Waals surface area (Å²) in [4.78, 5) is 23.9. The number of alkyl halides is 3. The number of carbonyl (C=O) groups is 2. The molecule has 3 aliphatic rings. The summed E-state index contributed by atoms with van der Waals surface area (Å²) in [5, 5.41) is 0. The van der Waals surface area contributed by atoms with Crippen LogP contribution in [0.5, 0.6) is 0 Å². The van der Waals surface area contributed by atoms with E-state index in [2.05, 4.69) is 0 Å². The van der Waals surface area contributed by atoms with Gasteiger partial charge in [-0.1, -0.05) is 6.07 Å². The molecular formula is C24H32F3N3O5S. The highest BCUT2D eigenvalue weighted by molar-refractivity contribution is 7.90. The van der Waals surface area contributed by atoms with Crippen LogP contribution in [0, 0.1) is 5.92 Å². The SMILES string of the molecule is COC(=O)CCC1CCC(N2CCN(c3ccc4c(c3)CCN(C(=O)C(F)(F)F)CC4)S2(=O)=O)CC1. The number of amides is 1. The molecule has 0 atom stereocenters. The Morgan fingerprint density at radius 3 is 2.31 bits per heavy atom. The normalized spacial score (nSPS) is 24.8. The van der Waals surface area contributed by atoms with Gasteiger partial charge < -0.3 is 9.64 Å². The molecule has 1 aromatic carbocycles. The summed E-state index contributed by atoms with van der Waals surface area (Å²) in [6.45, 7) is 0.600. The van der Waals surface area contributed by atoms with Gasteiger partial charge in [-0.05, 0) is 74.1 Å². The van der Waals surface area contributed by atoms with Gasteiger partial charge in [-0.15, -0.1) is 0 Å². The van der Waals surface area contributed by atoms with Gasteiger partial charge in [0.15, 0.2) is 0 Å². The average molecular weight is 532 g/mol. The van der Waals surface area contributed by atoms with Crippen molar-refractivity contribution in [3.05, 3.63) is 29.3 Å². The lowest BCUT2D eigenvalue weighted by Gasteiger charge is -2.33. The molecule has 200 valence electrons. The Kier molecular flexibility index (Phi) is 7.84. The summed E-state index contributed by atoms with van der Waals surface area (Å²) in [6.07, 6.45) is -0.0535. The molecule has 36 heavy (non-hydrogen) atoms. The van der Waals surface area contributed by atoms with Crippen LogP contribution in [0.4, 0.5) is 18.9 Å². The van der Waals surface area contributed by atoms with Crippen molar-refractivity contribution in [2.45, 2.75) is 63.6 Å². The van der Waals surface area contributed by atoms with E-state index in [0.717, 1.165) is 48.1 Å². The molecule has 8 nitrogen and oxygen atoms in total. The van der Waals surface area contributed by atoms with Crippen molar-refractivity contribution in [2.24, 2.45) is 5.92 Å². The van der Waals surface area contributed by atoms with E-state index in [0.29, 0.717) is 31.1 Å². The standard InChI is InChI=1S/C24H32F3N3O5S/c1-35-22(31)9-4-17-2-6-20(7-3-17)29-14-15-30(36(29,33)34)21-8-5-18-10-12-28(13-11-19(18)16-21)23(32)24(25,26)27/h5,8,16-17,20H,2-4,6-7,9-15H2,1H3. The van der Waals surface area contributed by atoms with Gasteiger partial charge in [0.05, 0.1) is 12.8 Å². The first-order valence-electron chi connectivity index (χ1n) is 12.3. The first-order chi connectivity index (χ1) is 17.0. The lowest BCUT2D eigenvalue weighted by Crippen LogP contribution is -2.42. The van der Waals surface area contributed by atoms with E-state index < -0.39 is 22.3 Å². The predicted octanol–water partition coefficient (Wildman–Crippen LogP) is 3.05. The Morgan fingerprint density at radius 2 is 1.67 bits per heavy atom. The van der Waals surface area contributed by atoms with Gasteiger partial charge in [-0.2, -0.15) is 25.9 Å². The van der Waals surface area contributed by atoms with Crippen LogP contribution in [-0.2, 0) is 37.4 Å². The van der Waals surface area contributed by atoms with Crippen LogP contribution in [0.1, 0.15) is 49.7 Å². The maximum atomic E-state index is 13.4. The molecule has 1 aromatic rings. The van der Waals surface area contributed by atoms with Crippen molar-refractivity contribution in [3.63, 3.8) is 0 Å². The molecule has 0 N–H and O–H groups in total. The fraction of sp³-hybridized carbons (Fsp3) is 0.667. The first kappa shape index (κ1) is 26.7. The summed E-state index contributed by atoms with van der Waals surface area (Å²) in [6, 6.07) is 5.11. The van der Waals surface area contributed by atoms with E-state index in [1.165, 1.54) is 11.4 Å². The lowest BCUT2D eigenvalue weighted by atomic mass is 9.83. The second-order valence-corrected chi connectivity index (χ2v) is 11.5. The number of carbonyl (C=O) groups excluding carboxylic acids is 2. The summed E-state index contributed by atoms with van der Waals surface area (Å²) in [7, 11) is -2.36. The largest absolute Gasteiger partial charge is 0.471 e. The Morgan fingerprint density at radius 1 is 1.00 bits per heavy atom. The Balaban J connectivity index is 1.40. The molecular weight excluding hydrogens is 499 g/mol. The second-order valence-electron chi connectivity index (χ2n) is 9.72. The molecule has 2 heterocycles. The monoisotopic (exact) mass is 531 g/mol. The number of fused-ring (bicyclic) bond motifs is 1. The van der Waals surface area contributed by atoms with Gasteiger partial charge in [-0.25, -0.2) is 0 Å². The Labute approximate surface area is 209 Å². The summed E-state index contributed by atoms with van der Waals surface area (Å²) in [5.74, 6) is -1.68. The van der Waals surface area contributed by atoms with Crippen LogP contribution in [0.2, 0.25) is 0 Å². The van der Waals surface area contributed by atoms with Crippen LogP contribution >= 0.6 is 0 Å². The minimum atomic E-state index is -4.91. The molecule has 4 rings (SSSR count). The minimum Gasteiger partial charge on any atom is -0.469 e. The van der Waals surface area contributed by atoms with Crippen molar-refractivity contribution in [3.8, 4) is 0 Å². The van der Waals surface area contributed by atoms with Crippen molar-refractivity contribution < 1.29 is 35.9 Å². The molecule has 1 saturated carbocycles. The molecule has 1 aliphatic carbocycles. The quantitative estimate of drug-likeness (QED) is 0.545. The van der Waals surface area contributed by atoms with Gasteiger partial charge in [0.2, 0.25) is 0 Å². The third-order valence-electron chi connectivity index (χ3n) is 7.62. The van der Waals surface area contributed by atoms with Crippen molar-refractivity contribution in [1.82, 2.24) is 9.21 Å². The van der Waals surface area contributed by atoms with Gasteiger partial charge in [0.1, 0.15) is 0 Å². The van der Waals surface area contributed by atoms with Crippen LogP contribution in [0.15, 0.2) is 18.2 Å². The number of halogens is 3. The number of ether oxygens (including phenoxy) is 1. The molecule has 0 bridgehead atoms. The third-order valence-corrected chi connectivity index (χ3v) is 9.64. The van der Waals surface area contributed by atoms with E-state index in [4.69, 9.17) is 4.74 Å². The fourth-order valence-corrected chi connectivity index (χ4v) is 7.42. The van der Waals surface area contributed by atoms with E-state index in [1.807, 2.05) is 0 Å². The molecule has 1 amide bonds. The molecule has 0 aromatic heterocycles. The third kappa shape index (κ3) is 5.64. The van der Waals surface area contributed by atoms with Gasteiger partial charge in [-0.3, -0.25) is 13.9 Å². The average Bonchev–Trinajstić information content (AvgIpc) is 3.01. The first-order valence-corrected chi connectivity index (χ1v) is 13.7. The van der Waals surface area contributed by atoms with Crippen LogP contribution in [0.25, 0.3) is 0 Å². The number of hydrogen-bond acceptors (Lipinski definition) is 5. The molecule has 2 aliphatic heterocycles. The van der Waals surface area contributed by atoms with Crippen LogP contribution in [0.3, 0.4) is 0 Å². The highest BCUT2D eigenvalue weighted by Gasteiger charge is 2.44. The van der Waals surface area contributed by atoms with Crippen molar-refractivity contribution >= 4 is 27.8 Å². The van der Waals surface area contributed by atoms with Crippen LogP contribution < -0.4 is 4.31 Å². The highest BCUT2D eigenvalue weighted by Crippen LogP contribution is 2.36. The lowest BCUT2D eigenvalue weighted by molar-refractivity contribution is -0.185. The number of esters is 1. The number of benzene rings is 1. The number of methoxy groups -OCH3 is 1. The molecule has 0 spiro atoms. The predicted molar refractivity (Wildman–Crippen MR) is 126 cm³/mol. The second kappa shape index (κ2) is 10.6. The zero-order valence-electron chi connectivity index (χ0n) is 20.3. The highest BCUT2D eigenvalue weighted by atomic mass is 32.2. The van der Waals surface area contributed by atoms with Gasteiger partial charge >= 0.3 is 28.3 Å². The number of anilines is 1. The van der Waals surface area contributed by atoms with Gasteiger partial charge in [0.25, 0.3) is 0 Å². The maximum absolute atomic E-state index is 13.4. The summed E-state index contributed by atoms with van der Waals surface area (Å²) in [5.41, 5.74) is 2.10. The number of nitrogens with zero attached hydrogens (tertiary/aromatic N) is 3. The summed E-state index contributed by atoms with van der Waals surface area (Å²) < 4.78 is 73.1. The van der Waals surface area contributed by atoms with E-state index in [-0.39, 0.29) is 37.9 Å². The molecule has 12 heteroatoms. The maximum Gasteiger partial charge on any atom is 0.471 e. The Bertz CT molecular complexity index is 1090. The van der Waals surface area contributed by atoms with Crippen molar-refractivity contribution in [2.75, 3.05) is 37.6 Å². The van der Waals surface area contributed by atoms with E-state index in [9.17, 15) is 31.2 Å².